The van der Waals surface area contributed by atoms with Gasteiger partial charge in [-0.15, -0.1) is 0 Å². The minimum absolute atomic E-state index is 0.477. The summed E-state index contributed by atoms with van der Waals surface area (Å²) < 4.78 is 65.5. The standard InChI is InChI=1S/C13H6ClF5/c14-9-5-1-3-7(11(9)13(17,18)19)8-4-2-6-10(15)12(8)16/h1-6H. The van der Waals surface area contributed by atoms with Gasteiger partial charge in [0.25, 0.3) is 0 Å². The van der Waals surface area contributed by atoms with Gasteiger partial charge in [-0.1, -0.05) is 35.9 Å². The molecule has 0 bridgehead atoms. The largest absolute Gasteiger partial charge is 0.418 e. The van der Waals surface area contributed by atoms with Crippen LogP contribution < -0.4 is 0 Å². The summed E-state index contributed by atoms with van der Waals surface area (Å²) in [6.45, 7) is 0. The molecule has 0 spiro atoms. The molecule has 0 radical (unpaired) electrons. The van der Waals surface area contributed by atoms with Crippen molar-refractivity contribution in [1.82, 2.24) is 0 Å². The van der Waals surface area contributed by atoms with Crippen LogP contribution in [0, 0.1) is 11.6 Å². The highest BCUT2D eigenvalue weighted by atomic mass is 35.5. The lowest BCUT2D eigenvalue weighted by Gasteiger charge is -2.15. The molecule has 0 aliphatic rings. The van der Waals surface area contributed by atoms with Crippen LogP contribution in [0.3, 0.4) is 0 Å². The summed E-state index contributed by atoms with van der Waals surface area (Å²) in [6, 6.07) is 6.37. The number of halogens is 6. The van der Waals surface area contributed by atoms with Gasteiger partial charge in [-0.25, -0.2) is 8.78 Å². The van der Waals surface area contributed by atoms with E-state index in [1.165, 1.54) is 6.07 Å². The van der Waals surface area contributed by atoms with Crippen molar-refractivity contribution >= 4 is 11.6 Å². The number of hydrogen-bond acceptors (Lipinski definition) is 0. The molecule has 0 fully saturated rings. The molecule has 0 heterocycles. The van der Waals surface area contributed by atoms with Crippen LogP contribution in [-0.2, 0) is 6.18 Å². The minimum atomic E-state index is -4.76. The third-order valence-corrected chi connectivity index (χ3v) is 2.85. The summed E-state index contributed by atoms with van der Waals surface area (Å²) in [7, 11) is 0. The van der Waals surface area contributed by atoms with Crippen molar-refractivity contribution < 1.29 is 22.0 Å². The van der Waals surface area contributed by atoms with Crippen LogP contribution in [0.25, 0.3) is 11.1 Å². The highest BCUT2D eigenvalue weighted by Crippen LogP contribution is 2.42. The molecule has 0 unspecified atom stereocenters. The molecule has 0 nitrogen and oxygen atoms in total. The average Bonchev–Trinajstić information content (AvgIpc) is 2.30. The quantitative estimate of drug-likeness (QED) is 0.625. The predicted molar refractivity (Wildman–Crippen MR) is 61.8 cm³/mol. The van der Waals surface area contributed by atoms with Gasteiger partial charge < -0.3 is 0 Å². The molecule has 19 heavy (non-hydrogen) atoms. The molecular formula is C13H6ClF5. The second kappa shape index (κ2) is 4.81. The fraction of sp³-hybridized carbons (Fsp3) is 0.0769. The van der Waals surface area contributed by atoms with Gasteiger partial charge in [0.15, 0.2) is 11.6 Å². The SMILES string of the molecule is Fc1cccc(-c2cccc(Cl)c2C(F)(F)F)c1F. The monoisotopic (exact) mass is 292 g/mol. The van der Waals surface area contributed by atoms with Gasteiger partial charge >= 0.3 is 6.18 Å². The highest BCUT2D eigenvalue weighted by Gasteiger charge is 2.36. The maximum atomic E-state index is 13.6. The molecule has 0 aromatic heterocycles. The first-order valence-electron chi connectivity index (χ1n) is 5.12. The van der Waals surface area contributed by atoms with E-state index in [9.17, 15) is 22.0 Å². The van der Waals surface area contributed by atoms with Crippen LogP contribution in [0.5, 0.6) is 0 Å². The van der Waals surface area contributed by atoms with E-state index in [0.717, 1.165) is 30.3 Å². The van der Waals surface area contributed by atoms with Gasteiger partial charge in [-0.3, -0.25) is 0 Å². The van der Waals surface area contributed by atoms with Crippen molar-refractivity contribution in [3.63, 3.8) is 0 Å². The van der Waals surface area contributed by atoms with Crippen LogP contribution in [-0.4, -0.2) is 0 Å². The molecule has 6 heteroatoms. The van der Waals surface area contributed by atoms with Crippen LogP contribution in [0.15, 0.2) is 36.4 Å². The summed E-state index contributed by atoms with van der Waals surface area (Å²) >= 11 is 5.52. The normalized spacial score (nSPS) is 11.7. The second-order valence-electron chi connectivity index (χ2n) is 3.76. The Labute approximate surface area is 110 Å². The molecule has 0 atom stereocenters. The molecule has 0 N–H and O–H groups in total. The van der Waals surface area contributed by atoms with E-state index < -0.39 is 39.5 Å². The zero-order chi connectivity index (χ0) is 14.2. The smallest absolute Gasteiger partial charge is 0.204 e. The van der Waals surface area contributed by atoms with Gasteiger partial charge in [-0.2, -0.15) is 13.2 Å². The lowest BCUT2D eigenvalue weighted by molar-refractivity contribution is -0.137. The highest BCUT2D eigenvalue weighted by molar-refractivity contribution is 6.31. The van der Waals surface area contributed by atoms with E-state index in [4.69, 9.17) is 11.6 Å². The Balaban J connectivity index is 2.77. The van der Waals surface area contributed by atoms with Gasteiger partial charge in [0.1, 0.15) is 0 Å². The molecule has 0 amide bonds. The average molecular weight is 293 g/mol. The summed E-state index contributed by atoms with van der Waals surface area (Å²) in [6.07, 6.45) is -4.76. The maximum Gasteiger partial charge on any atom is 0.418 e. The van der Waals surface area contributed by atoms with Crippen molar-refractivity contribution in [2.24, 2.45) is 0 Å². The van der Waals surface area contributed by atoms with Gasteiger partial charge in [0, 0.05) is 5.56 Å². The third kappa shape index (κ3) is 2.56. The Hall–Kier alpha value is -1.62. The second-order valence-corrected chi connectivity index (χ2v) is 4.17. The topological polar surface area (TPSA) is 0 Å². The minimum Gasteiger partial charge on any atom is -0.204 e. The molecule has 0 saturated carbocycles. The molecule has 2 aromatic rings. The zero-order valence-corrected chi connectivity index (χ0v) is 9.99. The summed E-state index contributed by atoms with van der Waals surface area (Å²) in [5.41, 5.74) is -2.15. The molecule has 0 saturated heterocycles. The van der Waals surface area contributed by atoms with Crippen LogP contribution in [0.1, 0.15) is 5.56 Å². The van der Waals surface area contributed by atoms with E-state index in [1.54, 1.807) is 0 Å². The van der Waals surface area contributed by atoms with Gasteiger partial charge in [-0.05, 0) is 17.7 Å². The lowest BCUT2D eigenvalue weighted by atomic mass is 9.98. The first kappa shape index (κ1) is 13.8. The van der Waals surface area contributed by atoms with Gasteiger partial charge in [0.05, 0.1) is 10.6 Å². The van der Waals surface area contributed by atoms with Crippen molar-refractivity contribution in [2.75, 3.05) is 0 Å². The van der Waals surface area contributed by atoms with E-state index in [0.29, 0.717) is 0 Å². The fourth-order valence-corrected chi connectivity index (χ4v) is 2.03. The molecule has 2 aromatic carbocycles. The van der Waals surface area contributed by atoms with Crippen molar-refractivity contribution in [3.05, 3.63) is 58.6 Å². The Bertz CT molecular complexity index is 619. The molecule has 0 aliphatic heterocycles. The fourth-order valence-electron chi connectivity index (χ4n) is 1.75. The van der Waals surface area contributed by atoms with Crippen molar-refractivity contribution in [2.45, 2.75) is 6.18 Å². The Morgan fingerprint density at radius 2 is 1.42 bits per heavy atom. The van der Waals surface area contributed by atoms with Crippen molar-refractivity contribution in [3.8, 4) is 11.1 Å². The number of alkyl halides is 3. The lowest BCUT2D eigenvalue weighted by Crippen LogP contribution is -2.09. The van der Waals surface area contributed by atoms with Crippen LogP contribution >= 0.6 is 11.6 Å². The van der Waals surface area contributed by atoms with E-state index in [-0.39, 0.29) is 0 Å². The van der Waals surface area contributed by atoms with E-state index >= 15 is 0 Å². The van der Waals surface area contributed by atoms with Crippen LogP contribution in [0.2, 0.25) is 5.02 Å². The number of benzene rings is 2. The van der Waals surface area contributed by atoms with E-state index in [2.05, 4.69) is 0 Å². The summed E-state index contributed by atoms with van der Waals surface area (Å²) in [5.74, 6) is -2.55. The van der Waals surface area contributed by atoms with Gasteiger partial charge in [0.2, 0.25) is 0 Å². The molecular weight excluding hydrogens is 287 g/mol. The molecule has 100 valence electrons. The van der Waals surface area contributed by atoms with Crippen molar-refractivity contribution in [1.29, 1.82) is 0 Å². The predicted octanol–water partition coefficient (Wildman–Crippen LogP) is 5.30. The summed E-state index contributed by atoms with van der Waals surface area (Å²) in [5, 5.41) is -0.561. The number of hydrogen-bond donors (Lipinski definition) is 0. The molecule has 0 aliphatic carbocycles. The van der Waals surface area contributed by atoms with E-state index in [1.807, 2.05) is 0 Å². The Kier molecular flexibility index (Phi) is 3.49. The zero-order valence-electron chi connectivity index (χ0n) is 9.23. The third-order valence-electron chi connectivity index (χ3n) is 2.54. The first-order chi connectivity index (χ1) is 8.82. The molecule has 2 rings (SSSR count). The first-order valence-corrected chi connectivity index (χ1v) is 5.50. The number of rotatable bonds is 1. The Morgan fingerprint density at radius 1 is 0.842 bits per heavy atom. The Morgan fingerprint density at radius 3 is 2.05 bits per heavy atom. The summed E-state index contributed by atoms with van der Waals surface area (Å²) in [4.78, 5) is 0. The van der Waals surface area contributed by atoms with Crippen LogP contribution in [0.4, 0.5) is 22.0 Å². The maximum absolute atomic E-state index is 13.6.